The summed E-state index contributed by atoms with van der Waals surface area (Å²) in [4.78, 5) is 0. The van der Waals surface area contributed by atoms with Crippen molar-refractivity contribution < 1.29 is 0 Å². The molecule has 2 rings (SSSR count). The van der Waals surface area contributed by atoms with E-state index in [1.165, 1.54) is 57.9 Å². The number of rotatable bonds is 4. The zero-order valence-corrected chi connectivity index (χ0v) is 12.6. The molecule has 1 nitrogen and oxygen atoms in total. The predicted molar refractivity (Wildman–Crippen MR) is 84.2 cm³/mol. The van der Waals surface area contributed by atoms with Crippen molar-refractivity contribution in [1.29, 1.82) is 0 Å². The van der Waals surface area contributed by atoms with E-state index in [-0.39, 0.29) is 0 Å². The van der Waals surface area contributed by atoms with Crippen LogP contribution in [0.1, 0.15) is 58.3 Å². The summed E-state index contributed by atoms with van der Waals surface area (Å²) in [6.45, 7) is 4.65. The van der Waals surface area contributed by atoms with Gasteiger partial charge in [0, 0.05) is 12.5 Å². The van der Waals surface area contributed by atoms with Crippen molar-refractivity contribution in [3.05, 3.63) is 24.3 Å². The van der Waals surface area contributed by atoms with Crippen LogP contribution in [0.2, 0.25) is 0 Å². The summed E-state index contributed by atoms with van der Waals surface area (Å²) in [5.74, 6) is 2.25. The van der Waals surface area contributed by atoms with Crippen molar-refractivity contribution in [2.75, 3.05) is 13.1 Å². The molecule has 1 saturated carbocycles. The van der Waals surface area contributed by atoms with Gasteiger partial charge < -0.3 is 5.32 Å². The van der Waals surface area contributed by atoms with Gasteiger partial charge in [-0.15, -0.1) is 0 Å². The Balaban J connectivity index is 1.66. The third-order valence-electron chi connectivity index (χ3n) is 4.62. The second-order valence-corrected chi connectivity index (χ2v) is 6.56. The van der Waals surface area contributed by atoms with Crippen molar-refractivity contribution in [1.82, 2.24) is 5.32 Å². The van der Waals surface area contributed by atoms with Crippen LogP contribution in [-0.2, 0) is 0 Å². The van der Waals surface area contributed by atoms with Gasteiger partial charge in [0.2, 0.25) is 0 Å². The summed E-state index contributed by atoms with van der Waals surface area (Å²) >= 11 is 0. The highest BCUT2D eigenvalue weighted by atomic mass is 14.9. The Kier molecular flexibility index (Phi) is 6.70. The van der Waals surface area contributed by atoms with E-state index in [4.69, 9.17) is 0 Å². The van der Waals surface area contributed by atoms with E-state index in [0.29, 0.717) is 11.8 Å². The van der Waals surface area contributed by atoms with Crippen molar-refractivity contribution in [3.63, 3.8) is 0 Å². The molecule has 2 atom stereocenters. The quantitative estimate of drug-likeness (QED) is 0.723. The van der Waals surface area contributed by atoms with Crippen LogP contribution in [0, 0.1) is 17.8 Å². The fourth-order valence-electron chi connectivity index (χ4n) is 3.28. The number of hydrogen-bond donors (Lipinski definition) is 1. The van der Waals surface area contributed by atoms with Gasteiger partial charge in [-0.2, -0.15) is 0 Å². The number of hydrogen-bond acceptors (Lipinski definition) is 1. The van der Waals surface area contributed by atoms with Crippen LogP contribution in [0.3, 0.4) is 0 Å². The molecule has 0 bridgehead atoms. The minimum absolute atomic E-state index is 0.610. The Labute approximate surface area is 119 Å². The van der Waals surface area contributed by atoms with Crippen LogP contribution in [0.25, 0.3) is 0 Å². The van der Waals surface area contributed by atoms with Crippen molar-refractivity contribution in [2.45, 2.75) is 58.3 Å². The second-order valence-electron chi connectivity index (χ2n) is 6.56. The van der Waals surface area contributed by atoms with Crippen molar-refractivity contribution in [2.24, 2.45) is 17.8 Å². The summed E-state index contributed by atoms with van der Waals surface area (Å²) in [6.07, 6.45) is 20.9. The van der Waals surface area contributed by atoms with Crippen molar-refractivity contribution in [3.8, 4) is 0 Å². The predicted octanol–water partition coefficient (Wildman–Crippen LogP) is 4.70. The lowest BCUT2D eigenvalue weighted by molar-refractivity contribution is 0.359. The molecular formula is C18H31N. The molecule has 1 N–H and O–H groups in total. The van der Waals surface area contributed by atoms with Gasteiger partial charge in [-0.1, -0.05) is 63.3 Å². The molecule has 0 aromatic heterocycles. The molecule has 2 aliphatic rings. The fraction of sp³-hybridized carbons (Fsp3) is 0.778. The van der Waals surface area contributed by atoms with Crippen LogP contribution in [0.5, 0.6) is 0 Å². The van der Waals surface area contributed by atoms with E-state index < -0.39 is 0 Å². The minimum atomic E-state index is 0.610. The molecule has 2 unspecified atom stereocenters. The monoisotopic (exact) mass is 261 g/mol. The third kappa shape index (κ3) is 5.95. The SMILES string of the molecule is CC1C=CC(CNCC2CCCCCCC2)C=CC1. The van der Waals surface area contributed by atoms with Gasteiger partial charge in [0.15, 0.2) is 0 Å². The molecule has 0 spiro atoms. The highest BCUT2D eigenvalue weighted by Crippen LogP contribution is 2.21. The van der Waals surface area contributed by atoms with Crippen LogP contribution in [-0.4, -0.2) is 13.1 Å². The van der Waals surface area contributed by atoms with Crippen LogP contribution in [0.4, 0.5) is 0 Å². The van der Waals surface area contributed by atoms with E-state index >= 15 is 0 Å². The first-order valence-electron chi connectivity index (χ1n) is 8.40. The van der Waals surface area contributed by atoms with Crippen molar-refractivity contribution >= 4 is 0 Å². The topological polar surface area (TPSA) is 12.0 Å². The Hall–Kier alpha value is -0.560. The molecular weight excluding hydrogens is 230 g/mol. The maximum Gasteiger partial charge on any atom is 0.00718 e. The Morgan fingerprint density at radius 2 is 1.63 bits per heavy atom. The van der Waals surface area contributed by atoms with E-state index in [2.05, 4.69) is 36.5 Å². The molecule has 108 valence electrons. The number of allylic oxidation sites excluding steroid dienone is 2. The lowest BCUT2D eigenvalue weighted by Gasteiger charge is -2.20. The van der Waals surface area contributed by atoms with Gasteiger partial charge in [0.1, 0.15) is 0 Å². The smallest absolute Gasteiger partial charge is 0.00718 e. The Morgan fingerprint density at radius 1 is 0.895 bits per heavy atom. The largest absolute Gasteiger partial charge is 0.316 e. The van der Waals surface area contributed by atoms with E-state index in [1.54, 1.807) is 0 Å². The standard InChI is InChI=1S/C18H31N/c1-16-8-7-11-18(13-12-16)15-19-14-17-9-5-3-2-4-6-10-17/h7,11-13,16-19H,2-6,8-10,14-15H2,1H3. The van der Waals surface area contributed by atoms with Gasteiger partial charge in [-0.25, -0.2) is 0 Å². The first-order valence-corrected chi connectivity index (χ1v) is 8.40. The average molecular weight is 261 g/mol. The first-order chi connectivity index (χ1) is 9.34. The van der Waals surface area contributed by atoms with Gasteiger partial charge in [-0.3, -0.25) is 0 Å². The second kappa shape index (κ2) is 8.58. The van der Waals surface area contributed by atoms with Crippen LogP contribution < -0.4 is 5.32 Å². The third-order valence-corrected chi connectivity index (χ3v) is 4.62. The molecule has 0 aliphatic heterocycles. The summed E-state index contributed by atoms with van der Waals surface area (Å²) in [5.41, 5.74) is 0. The maximum absolute atomic E-state index is 3.71. The molecule has 0 saturated heterocycles. The fourth-order valence-corrected chi connectivity index (χ4v) is 3.28. The summed E-state index contributed by atoms with van der Waals surface area (Å²) in [7, 11) is 0. The summed E-state index contributed by atoms with van der Waals surface area (Å²) < 4.78 is 0. The highest BCUT2D eigenvalue weighted by Gasteiger charge is 2.12. The van der Waals surface area contributed by atoms with Crippen LogP contribution >= 0.6 is 0 Å². The Bertz CT molecular complexity index is 284. The Morgan fingerprint density at radius 3 is 2.42 bits per heavy atom. The molecule has 0 heterocycles. The summed E-state index contributed by atoms with van der Waals surface area (Å²) in [5, 5.41) is 3.71. The van der Waals surface area contributed by atoms with E-state index in [1.807, 2.05) is 0 Å². The molecule has 0 radical (unpaired) electrons. The first kappa shape index (κ1) is 14.8. The lowest BCUT2D eigenvalue weighted by atomic mass is 9.91. The highest BCUT2D eigenvalue weighted by molar-refractivity contribution is 5.07. The number of nitrogens with one attached hydrogen (secondary N) is 1. The van der Waals surface area contributed by atoms with Gasteiger partial charge in [-0.05, 0) is 37.6 Å². The normalized spacial score (nSPS) is 29.7. The molecule has 19 heavy (non-hydrogen) atoms. The molecule has 1 heteroatoms. The zero-order chi connectivity index (χ0) is 13.3. The molecule has 2 aliphatic carbocycles. The van der Waals surface area contributed by atoms with E-state index in [0.717, 1.165) is 12.5 Å². The van der Waals surface area contributed by atoms with Gasteiger partial charge in [0.05, 0.1) is 0 Å². The van der Waals surface area contributed by atoms with Gasteiger partial charge in [0.25, 0.3) is 0 Å². The molecule has 0 amide bonds. The zero-order valence-electron chi connectivity index (χ0n) is 12.6. The average Bonchev–Trinajstić information content (AvgIpc) is 2.57. The maximum atomic E-state index is 3.71. The van der Waals surface area contributed by atoms with Crippen LogP contribution in [0.15, 0.2) is 24.3 Å². The van der Waals surface area contributed by atoms with Gasteiger partial charge >= 0.3 is 0 Å². The molecule has 0 aromatic carbocycles. The lowest BCUT2D eigenvalue weighted by Crippen LogP contribution is -2.27. The minimum Gasteiger partial charge on any atom is -0.316 e. The van der Waals surface area contributed by atoms with E-state index in [9.17, 15) is 0 Å². The summed E-state index contributed by atoms with van der Waals surface area (Å²) in [6, 6.07) is 0. The molecule has 0 aromatic rings. The molecule has 1 fully saturated rings.